The molecule has 4 aromatic rings. The van der Waals surface area contributed by atoms with Crippen LogP contribution in [0, 0.1) is 6.57 Å². The SMILES string of the molecule is [C-]#[N+]c1ccc(C[C@H](Nc2nc(NCc3ccccc3)nc(Nc3cccc(CN4CCCCC4)c3)n2)C(=O)OC)cc1. The van der Waals surface area contributed by atoms with Crippen molar-refractivity contribution in [3.05, 3.63) is 107 Å². The van der Waals surface area contributed by atoms with Gasteiger partial charge in [-0.1, -0.05) is 73.2 Å². The van der Waals surface area contributed by atoms with Gasteiger partial charge in [-0.15, -0.1) is 0 Å². The molecule has 0 amide bonds. The molecule has 10 nitrogen and oxygen atoms in total. The standard InChI is InChI=1S/C33H36N8O2/c1-34-27-16-14-24(15-17-27)21-29(30(42)43-2)37-33-39-31(35-22-25-10-5-3-6-11-25)38-32(40-33)36-28-13-9-12-26(20-28)23-41-18-7-4-8-19-41/h3,5-6,9-17,20,29H,4,7-8,18-19,21-23H2,2H3,(H3,35,36,37,38,39,40)/t29-/m0/s1. The lowest BCUT2D eigenvalue weighted by molar-refractivity contribution is -0.141. The predicted molar refractivity (Wildman–Crippen MR) is 168 cm³/mol. The Hall–Kier alpha value is -5.01. The largest absolute Gasteiger partial charge is 0.467 e. The highest BCUT2D eigenvalue weighted by atomic mass is 16.5. The van der Waals surface area contributed by atoms with Gasteiger partial charge in [0.25, 0.3) is 0 Å². The zero-order chi connectivity index (χ0) is 29.9. The summed E-state index contributed by atoms with van der Waals surface area (Å²) in [5.74, 6) is 0.477. The topological polar surface area (TPSA) is 109 Å². The normalized spacial score (nSPS) is 13.9. The second-order valence-electron chi connectivity index (χ2n) is 10.5. The molecule has 0 saturated carbocycles. The summed E-state index contributed by atoms with van der Waals surface area (Å²) in [6.07, 6.45) is 4.12. The van der Waals surface area contributed by atoms with Crippen LogP contribution in [0.2, 0.25) is 0 Å². The van der Waals surface area contributed by atoms with E-state index in [4.69, 9.17) is 11.3 Å². The average molecular weight is 577 g/mol. The number of hydrogen-bond donors (Lipinski definition) is 3. The van der Waals surface area contributed by atoms with Crippen molar-refractivity contribution < 1.29 is 9.53 Å². The number of likely N-dealkylation sites (tertiary alicyclic amines) is 1. The Morgan fingerprint density at radius 3 is 2.35 bits per heavy atom. The zero-order valence-corrected chi connectivity index (χ0v) is 24.3. The Morgan fingerprint density at radius 1 is 0.884 bits per heavy atom. The summed E-state index contributed by atoms with van der Waals surface area (Å²) in [5.41, 5.74) is 4.57. The number of nitrogens with one attached hydrogen (secondary N) is 3. The summed E-state index contributed by atoms with van der Waals surface area (Å²) < 4.78 is 5.08. The number of ether oxygens (including phenoxy) is 1. The minimum atomic E-state index is -0.756. The van der Waals surface area contributed by atoms with Crippen molar-refractivity contribution in [1.29, 1.82) is 0 Å². The van der Waals surface area contributed by atoms with E-state index in [-0.39, 0.29) is 5.95 Å². The number of carbonyl (C=O) groups is 1. The van der Waals surface area contributed by atoms with Crippen molar-refractivity contribution in [1.82, 2.24) is 19.9 Å². The molecular weight excluding hydrogens is 540 g/mol. The van der Waals surface area contributed by atoms with E-state index in [1.165, 1.54) is 31.9 Å². The second kappa shape index (κ2) is 14.8. The summed E-state index contributed by atoms with van der Waals surface area (Å²) in [7, 11) is 1.35. The van der Waals surface area contributed by atoms with Gasteiger partial charge in [-0.3, -0.25) is 4.90 Å². The van der Waals surface area contributed by atoms with Gasteiger partial charge in [0, 0.05) is 25.2 Å². The molecule has 5 rings (SSSR count). The highest BCUT2D eigenvalue weighted by Crippen LogP contribution is 2.21. The quantitative estimate of drug-likeness (QED) is 0.139. The fourth-order valence-electron chi connectivity index (χ4n) is 5.04. The van der Waals surface area contributed by atoms with Gasteiger partial charge >= 0.3 is 5.97 Å². The highest BCUT2D eigenvalue weighted by molar-refractivity contribution is 5.79. The Bertz CT molecular complexity index is 1530. The highest BCUT2D eigenvalue weighted by Gasteiger charge is 2.22. The van der Waals surface area contributed by atoms with Gasteiger partial charge in [-0.25, -0.2) is 9.64 Å². The molecule has 1 fully saturated rings. The van der Waals surface area contributed by atoms with Crippen LogP contribution in [-0.2, 0) is 29.0 Å². The lowest BCUT2D eigenvalue weighted by Crippen LogP contribution is -2.33. The maximum Gasteiger partial charge on any atom is 0.328 e. The Labute approximate surface area is 252 Å². The Morgan fingerprint density at radius 2 is 1.60 bits per heavy atom. The number of anilines is 4. The number of aromatic nitrogens is 3. The number of piperidine rings is 1. The molecule has 220 valence electrons. The molecule has 10 heteroatoms. The molecule has 1 atom stereocenters. The van der Waals surface area contributed by atoms with E-state index < -0.39 is 12.0 Å². The number of esters is 1. The number of methoxy groups -OCH3 is 1. The number of hydrogen-bond acceptors (Lipinski definition) is 9. The van der Waals surface area contributed by atoms with Crippen LogP contribution in [-0.4, -0.2) is 52.1 Å². The third-order valence-corrected chi connectivity index (χ3v) is 7.26. The molecule has 2 heterocycles. The van der Waals surface area contributed by atoms with E-state index in [0.717, 1.165) is 36.4 Å². The lowest BCUT2D eigenvalue weighted by atomic mass is 10.1. The van der Waals surface area contributed by atoms with Crippen LogP contribution < -0.4 is 16.0 Å². The van der Waals surface area contributed by atoms with Crippen molar-refractivity contribution in [2.75, 3.05) is 36.1 Å². The van der Waals surface area contributed by atoms with Gasteiger partial charge in [0.15, 0.2) is 5.69 Å². The van der Waals surface area contributed by atoms with Crippen LogP contribution in [0.1, 0.15) is 36.0 Å². The van der Waals surface area contributed by atoms with E-state index in [9.17, 15) is 4.79 Å². The first-order valence-electron chi connectivity index (χ1n) is 14.5. The van der Waals surface area contributed by atoms with Gasteiger partial charge in [0.2, 0.25) is 17.8 Å². The van der Waals surface area contributed by atoms with Crippen molar-refractivity contribution in [3.8, 4) is 0 Å². The first kappa shape index (κ1) is 29.5. The average Bonchev–Trinajstić information content (AvgIpc) is 3.04. The maximum absolute atomic E-state index is 12.8. The summed E-state index contributed by atoms with van der Waals surface area (Å²) in [6.45, 7) is 10.9. The molecule has 3 aromatic carbocycles. The third kappa shape index (κ3) is 8.74. The number of nitrogens with zero attached hydrogens (tertiary/aromatic N) is 5. The Kier molecular flexibility index (Phi) is 10.1. The van der Waals surface area contributed by atoms with E-state index in [0.29, 0.717) is 30.5 Å². The van der Waals surface area contributed by atoms with E-state index in [1.807, 2.05) is 54.6 Å². The second-order valence-corrected chi connectivity index (χ2v) is 10.5. The Balaban J connectivity index is 1.37. The molecule has 0 bridgehead atoms. The predicted octanol–water partition coefficient (Wildman–Crippen LogP) is 5.96. The van der Waals surface area contributed by atoms with Crippen LogP contribution in [0.4, 0.5) is 29.2 Å². The molecule has 0 spiro atoms. The number of benzene rings is 3. The summed E-state index contributed by atoms with van der Waals surface area (Å²) >= 11 is 0. The van der Waals surface area contributed by atoms with Gasteiger partial charge in [0.1, 0.15) is 6.04 Å². The van der Waals surface area contributed by atoms with Crippen molar-refractivity contribution in [2.24, 2.45) is 0 Å². The third-order valence-electron chi connectivity index (χ3n) is 7.26. The van der Waals surface area contributed by atoms with Crippen LogP contribution >= 0.6 is 0 Å². The van der Waals surface area contributed by atoms with Crippen LogP contribution in [0.15, 0.2) is 78.9 Å². The summed E-state index contributed by atoms with van der Waals surface area (Å²) in [6, 6.07) is 24.6. The van der Waals surface area contributed by atoms with Gasteiger partial charge in [0.05, 0.1) is 13.7 Å². The molecule has 1 aliphatic heterocycles. The van der Waals surface area contributed by atoms with E-state index >= 15 is 0 Å². The van der Waals surface area contributed by atoms with Crippen molar-refractivity contribution >= 4 is 35.2 Å². The fourth-order valence-corrected chi connectivity index (χ4v) is 5.04. The molecule has 1 saturated heterocycles. The van der Waals surface area contributed by atoms with E-state index in [2.05, 4.69) is 52.8 Å². The fraction of sp³-hybridized carbons (Fsp3) is 0.303. The molecule has 43 heavy (non-hydrogen) atoms. The number of rotatable bonds is 12. The van der Waals surface area contributed by atoms with Gasteiger partial charge < -0.3 is 20.7 Å². The monoisotopic (exact) mass is 576 g/mol. The van der Waals surface area contributed by atoms with Crippen LogP contribution in [0.5, 0.6) is 0 Å². The summed E-state index contributed by atoms with van der Waals surface area (Å²) in [5, 5.41) is 9.77. The van der Waals surface area contributed by atoms with Crippen molar-refractivity contribution in [2.45, 2.75) is 44.8 Å². The summed E-state index contributed by atoms with van der Waals surface area (Å²) in [4.78, 5) is 32.5. The van der Waals surface area contributed by atoms with Gasteiger partial charge in [-0.05, 0) is 54.8 Å². The molecule has 0 unspecified atom stereocenters. The molecule has 1 aliphatic rings. The molecule has 0 radical (unpaired) electrons. The van der Waals surface area contributed by atoms with Crippen molar-refractivity contribution in [3.63, 3.8) is 0 Å². The minimum absolute atomic E-state index is 0.228. The first-order valence-corrected chi connectivity index (χ1v) is 14.5. The molecule has 3 N–H and O–H groups in total. The smallest absolute Gasteiger partial charge is 0.328 e. The molecule has 1 aromatic heterocycles. The zero-order valence-electron chi connectivity index (χ0n) is 24.3. The van der Waals surface area contributed by atoms with E-state index in [1.54, 1.807) is 12.1 Å². The minimum Gasteiger partial charge on any atom is -0.467 e. The molecular formula is C33H36N8O2. The van der Waals surface area contributed by atoms with Crippen LogP contribution in [0.25, 0.3) is 4.85 Å². The lowest BCUT2D eigenvalue weighted by Gasteiger charge is -2.26. The maximum atomic E-state index is 12.8. The first-order chi connectivity index (χ1) is 21.1. The van der Waals surface area contributed by atoms with Gasteiger partial charge in [-0.2, -0.15) is 15.0 Å². The number of carbonyl (C=O) groups excluding carboxylic acids is 1. The molecule has 0 aliphatic carbocycles. The van der Waals surface area contributed by atoms with Crippen LogP contribution in [0.3, 0.4) is 0 Å².